The first-order valence-electron chi connectivity index (χ1n) is 9.74. The van der Waals surface area contributed by atoms with Crippen molar-refractivity contribution >= 4 is 45.3 Å². The van der Waals surface area contributed by atoms with Crippen LogP contribution in [-0.4, -0.2) is 79.8 Å². The highest BCUT2D eigenvalue weighted by molar-refractivity contribution is 14.1. The molecule has 1 aromatic heterocycles. The van der Waals surface area contributed by atoms with Gasteiger partial charge in [0.1, 0.15) is 5.56 Å². The van der Waals surface area contributed by atoms with Gasteiger partial charge in [-0.2, -0.15) is 0 Å². The molecule has 2 aromatic rings. The van der Waals surface area contributed by atoms with Crippen molar-refractivity contribution in [2.24, 2.45) is 0 Å². The lowest BCUT2D eigenvalue weighted by molar-refractivity contribution is -0.130. The highest BCUT2D eigenvalue weighted by atomic mass is 127. The van der Waals surface area contributed by atoms with Crippen LogP contribution in [0.2, 0.25) is 0 Å². The van der Waals surface area contributed by atoms with Gasteiger partial charge in [0.05, 0.1) is 24.8 Å². The minimum Gasteiger partial charge on any atom is -0.382 e. The molecule has 0 aliphatic carbocycles. The fourth-order valence-electron chi connectivity index (χ4n) is 3.77. The van der Waals surface area contributed by atoms with E-state index in [-0.39, 0.29) is 28.8 Å². The van der Waals surface area contributed by atoms with Crippen LogP contribution in [0, 0.1) is 3.57 Å². The highest BCUT2D eigenvalue weighted by Crippen LogP contribution is 2.21. The number of carbonyl (C=O) groups excluding carboxylic acids is 2. The molecule has 0 saturated carbocycles. The number of benzene rings is 1. The first kappa shape index (κ1) is 22.7. The molecule has 0 atom stereocenters. The topological polar surface area (TPSA) is 81.1 Å². The summed E-state index contributed by atoms with van der Waals surface area (Å²) >= 11 is 2.16. The second kappa shape index (κ2) is 9.88. The van der Waals surface area contributed by atoms with Crippen molar-refractivity contribution in [3.8, 4) is 0 Å². The normalized spacial score (nSPS) is 14.6. The summed E-state index contributed by atoms with van der Waals surface area (Å²) in [5, 5.41) is 0.493. The summed E-state index contributed by atoms with van der Waals surface area (Å²) in [6.45, 7) is 4.02. The Hall–Kier alpha value is -1.98. The van der Waals surface area contributed by atoms with Crippen molar-refractivity contribution in [3.05, 3.63) is 43.8 Å². The summed E-state index contributed by atoms with van der Waals surface area (Å²) in [4.78, 5) is 41.4. The van der Waals surface area contributed by atoms with Crippen molar-refractivity contribution in [2.75, 3.05) is 53.6 Å². The second-order valence-electron chi connectivity index (χ2n) is 7.30. The van der Waals surface area contributed by atoms with Gasteiger partial charge >= 0.3 is 0 Å². The van der Waals surface area contributed by atoms with Crippen LogP contribution in [0.1, 0.15) is 23.3 Å². The number of hydrogen-bond acceptors (Lipinski definition) is 5. The molecule has 0 spiro atoms. The quantitative estimate of drug-likeness (QED) is 0.535. The number of carbonyl (C=O) groups is 2. The number of ether oxygens (including phenoxy) is 2. The third kappa shape index (κ3) is 4.68. The molecule has 1 aromatic carbocycles. The predicted octanol–water partition coefficient (Wildman–Crippen LogP) is 1.74. The predicted molar refractivity (Wildman–Crippen MR) is 122 cm³/mol. The fourth-order valence-corrected chi connectivity index (χ4v) is 4.26. The first-order chi connectivity index (χ1) is 14.4. The minimum atomic E-state index is -0.314. The van der Waals surface area contributed by atoms with E-state index in [1.165, 1.54) is 6.92 Å². The summed E-state index contributed by atoms with van der Waals surface area (Å²) < 4.78 is 13.5. The average Bonchev–Trinajstić information content (AvgIpc) is 2.74. The molecule has 0 N–H and O–H groups in total. The Morgan fingerprint density at radius 1 is 1.07 bits per heavy atom. The van der Waals surface area contributed by atoms with Crippen LogP contribution in [0.25, 0.3) is 10.9 Å². The maximum Gasteiger partial charge on any atom is 0.259 e. The van der Waals surface area contributed by atoms with Crippen LogP contribution < -0.4 is 5.43 Å². The lowest BCUT2D eigenvalue weighted by atomic mass is 10.1. The zero-order valence-electron chi connectivity index (χ0n) is 17.4. The van der Waals surface area contributed by atoms with Crippen LogP contribution in [-0.2, 0) is 14.3 Å². The Morgan fingerprint density at radius 3 is 2.23 bits per heavy atom. The van der Waals surface area contributed by atoms with E-state index in [4.69, 9.17) is 9.47 Å². The fraction of sp³-hybridized carbons (Fsp3) is 0.476. The Bertz CT molecular complexity index is 992. The van der Waals surface area contributed by atoms with Crippen LogP contribution in [0.3, 0.4) is 0 Å². The van der Waals surface area contributed by atoms with Gasteiger partial charge in [-0.25, -0.2) is 0 Å². The van der Waals surface area contributed by atoms with Gasteiger partial charge in [0.15, 0.2) is 0 Å². The zero-order chi connectivity index (χ0) is 21.8. The molecule has 0 bridgehead atoms. The van der Waals surface area contributed by atoms with Gasteiger partial charge < -0.3 is 23.8 Å². The van der Waals surface area contributed by atoms with Crippen molar-refractivity contribution < 1.29 is 19.1 Å². The number of halogens is 1. The summed E-state index contributed by atoms with van der Waals surface area (Å²) in [7, 11) is 3.22. The molecular formula is C21H26IN3O5. The van der Waals surface area contributed by atoms with Gasteiger partial charge in [-0.1, -0.05) is 0 Å². The Balaban J connectivity index is 2.06. The number of rotatable bonds is 6. The number of pyridine rings is 1. The SMILES string of the molecule is COCC(COC)n1cc(C(=O)N2CCN(C(C)=O)CC2)c(=O)c2cc(I)ccc21. The molecule has 0 radical (unpaired) electrons. The van der Waals surface area contributed by atoms with E-state index < -0.39 is 0 Å². The maximum absolute atomic E-state index is 13.3. The zero-order valence-corrected chi connectivity index (χ0v) is 19.5. The molecule has 8 nitrogen and oxygen atoms in total. The van der Waals surface area contributed by atoms with E-state index >= 15 is 0 Å². The van der Waals surface area contributed by atoms with Crippen molar-refractivity contribution in [1.82, 2.24) is 14.4 Å². The number of piperazine rings is 1. The van der Waals surface area contributed by atoms with Gasteiger partial charge in [0, 0.05) is 62.5 Å². The Kier molecular flexibility index (Phi) is 7.48. The van der Waals surface area contributed by atoms with E-state index in [0.717, 1.165) is 9.09 Å². The number of hydrogen-bond donors (Lipinski definition) is 0. The second-order valence-corrected chi connectivity index (χ2v) is 8.55. The largest absolute Gasteiger partial charge is 0.382 e. The van der Waals surface area contributed by atoms with Crippen LogP contribution >= 0.6 is 22.6 Å². The highest BCUT2D eigenvalue weighted by Gasteiger charge is 2.27. The van der Waals surface area contributed by atoms with Crippen LogP contribution in [0.15, 0.2) is 29.2 Å². The molecule has 9 heteroatoms. The lowest BCUT2D eigenvalue weighted by Crippen LogP contribution is -2.50. The number of aromatic nitrogens is 1. The monoisotopic (exact) mass is 527 g/mol. The molecule has 1 fully saturated rings. The van der Waals surface area contributed by atoms with E-state index in [0.29, 0.717) is 44.8 Å². The molecule has 0 unspecified atom stereocenters. The summed E-state index contributed by atoms with van der Waals surface area (Å²) in [5.41, 5.74) is 0.572. The number of methoxy groups -OCH3 is 2. The van der Waals surface area contributed by atoms with Gasteiger partial charge in [-0.15, -0.1) is 0 Å². The number of nitrogens with zero attached hydrogens (tertiary/aromatic N) is 3. The molecule has 162 valence electrons. The number of fused-ring (bicyclic) bond motifs is 1. The molecule has 30 heavy (non-hydrogen) atoms. The lowest BCUT2D eigenvalue weighted by Gasteiger charge is -2.34. The Morgan fingerprint density at radius 2 is 1.67 bits per heavy atom. The molecule has 2 heterocycles. The van der Waals surface area contributed by atoms with Gasteiger partial charge in [-0.05, 0) is 40.8 Å². The third-order valence-corrected chi connectivity index (χ3v) is 6.02. The third-order valence-electron chi connectivity index (χ3n) is 5.35. The molecule has 1 aliphatic rings. The molecular weight excluding hydrogens is 501 g/mol. The van der Waals surface area contributed by atoms with Gasteiger partial charge in [-0.3, -0.25) is 14.4 Å². The molecule has 3 rings (SSSR count). The molecule has 2 amide bonds. The van der Waals surface area contributed by atoms with Gasteiger partial charge in [0.2, 0.25) is 11.3 Å². The van der Waals surface area contributed by atoms with E-state index in [2.05, 4.69) is 22.6 Å². The van der Waals surface area contributed by atoms with Crippen molar-refractivity contribution in [1.29, 1.82) is 0 Å². The van der Waals surface area contributed by atoms with Crippen molar-refractivity contribution in [2.45, 2.75) is 13.0 Å². The molecule has 1 aliphatic heterocycles. The molecule has 1 saturated heterocycles. The summed E-state index contributed by atoms with van der Waals surface area (Å²) in [6, 6.07) is 5.43. The smallest absolute Gasteiger partial charge is 0.259 e. The Labute approximate surface area is 188 Å². The van der Waals surface area contributed by atoms with Crippen molar-refractivity contribution in [3.63, 3.8) is 0 Å². The first-order valence-corrected chi connectivity index (χ1v) is 10.8. The standard InChI is InChI=1S/C21H26IN3O5/c1-14(26)23-6-8-24(9-7-23)21(28)18-11-25(16(12-29-2)13-30-3)19-5-4-15(22)10-17(19)20(18)27/h4-5,10-11,16H,6-9,12-13H2,1-3H3. The summed E-state index contributed by atoms with van der Waals surface area (Å²) in [6.07, 6.45) is 1.62. The average molecular weight is 527 g/mol. The maximum atomic E-state index is 13.3. The van der Waals surface area contributed by atoms with E-state index in [1.807, 2.05) is 16.7 Å². The van der Waals surface area contributed by atoms with E-state index in [1.54, 1.807) is 36.3 Å². The van der Waals surface area contributed by atoms with E-state index in [9.17, 15) is 14.4 Å². The van der Waals surface area contributed by atoms with Gasteiger partial charge in [0.25, 0.3) is 5.91 Å². The van der Waals surface area contributed by atoms with Crippen LogP contribution in [0.5, 0.6) is 0 Å². The van der Waals surface area contributed by atoms with Crippen LogP contribution in [0.4, 0.5) is 0 Å². The summed E-state index contributed by atoms with van der Waals surface area (Å²) in [5.74, 6) is -0.321. The minimum absolute atomic E-state index is 0.00768. The number of amides is 2.